The highest BCUT2D eigenvalue weighted by Crippen LogP contribution is 2.14. The van der Waals surface area contributed by atoms with E-state index in [0.29, 0.717) is 13.1 Å². The Morgan fingerprint density at radius 1 is 1.32 bits per heavy atom. The molecule has 2 heterocycles. The number of hydrogen-bond acceptors (Lipinski definition) is 5. The molecule has 1 fully saturated rings. The van der Waals surface area contributed by atoms with E-state index in [1.54, 1.807) is 0 Å². The molecule has 0 radical (unpaired) electrons. The van der Waals surface area contributed by atoms with Gasteiger partial charge in [0.2, 0.25) is 0 Å². The van der Waals surface area contributed by atoms with Crippen molar-refractivity contribution in [1.82, 2.24) is 24.1 Å². The quantitative estimate of drug-likeness (QED) is 0.773. The fourth-order valence-electron chi connectivity index (χ4n) is 2.06. The molecule has 0 unspecified atom stereocenters. The van der Waals surface area contributed by atoms with Gasteiger partial charge in [0, 0.05) is 39.3 Å². The van der Waals surface area contributed by atoms with Gasteiger partial charge in [0.05, 0.1) is 12.5 Å². The predicted octanol–water partition coefficient (Wildman–Crippen LogP) is -0.722. The topological polar surface area (TPSA) is 72.5 Å². The first-order valence-corrected chi connectivity index (χ1v) is 7.80. The largest absolute Gasteiger partial charge is 0.335 e. The number of aromatic amines is 1. The molecule has 0 saturated carbocycles. The summed E-state index contributed by atoms with van der Waals surface area (Å²) in [5, 5.41) is 0.175. The van der Waals surface area contributed by atoms with Crippen molar-refractivity contribution in [2.24, 2.45) is 0 Å². The van der Waals surface area contributed by atoms with Gasteiger partial charge in [0.1, 0.15) is 0 Å². The molecular weight excluding hydrogens is 266 g/mol. The molecule has 7 nitrogen and oxygen atoms in total. The Kier molecular flexibility index (Phi) is 4.56. The molecule has 1 aromatic rings. The maximum atomic E-state index is 12.2. The minimum Gasteiger partial charge on any atom is -0.335 e. The van der Waals surface area contributed by atoms with Gasteiger partial charge >= 0.3 is 0 Å². The molecule has 0 aliphatic carbocycles. The molecule has 1 aliphatic heterocycles. The highest BCUT2D eigenvalue weighted by Gasteiger charge is 2.29. The van der Waals surface area contributed by atoms with Gasteiger partial charge in [0.15, 0.2) is 5.03 Å². The lowest BCUT2D eigenvalue weighted by atomic mass is 10.3. The number of rotatable bonds is 5. The van der Waals surface area contributed by atoms with E-state index < -0.39 is 10.0 Å². The van der Waals surface area contributed by atoms with E-state index in [2.05, 4.69) is 19.8 Å². The van der Waals surface area contributed by atoms with Gasteiger partial charge in [0.25, 0.3) is 10.0 Å². The van der Waals surface area contributed by atoms with E-state index in [4.69, 9.17) is 0 Å². The van der Waals surface area contributed by atoms with Gasteiger partial charge in [-0.3, -0.25) is 4.90 Å². The number of likely N-dealkylation sites (N-methyl/N-ethyl adjacent to an activating group) is 1. The van der Waals surface area contributed by atoms with E-state index in [1.807, 2.05) is 14.1 Å². The number of piperazine rings is 1. The van der Waals surface area contributed by atoms with Gasteiger partial charge in [-0.05, 0) is 14.1 Å². The molecule has 1 aromatic heterocycles. The van der Waals surface area contributed by atoms with Gasteiger partial charge in [-0.25, -0.2) is 13.4 Å². The molecule has 1 N–H and O–H groups in total. The number of nitrogens with zero attached hydrogens (tertiary/aromatic N) is 4. The van der Waals surface area contributed by atoms with Crippen molar-refractivity contribution in [3.05, 3.63) is 12.5 Å². The lowest BCUT2D eigenvalue weighted by molar-refractivity contribution is 0.174. The summed E-state index contributed by atoms with van der Waals surface area (Å²) < 4.78 is 26.0. The van der Waals surface area contributed by atoms with Crippen LogP contribution in [-0.2, 0) is 10.0 Å². The van der Waals surface area contributed by atoms with Crippen LogP contribution in [0.3, 0.4) is 0 Å². The molecule has 1 saturated heterocycles. The number of hydrogen-bond donors (Lipinski definition) is 1. The third-order valence-electron chi connectivity index (χ3n) is 3.29. The number of H-pyrrole nitrogens is 1. The standard InChI is InChI=1S/C11H21N5O2S/c1-14(2)3-4-15-5-7-16(8-6-15)19(17,18)11-9-12-10-13-11/h9-10H,3-8H2,1-2H3,(H,12,13). The van der Waals surface area contributed by atoms with Crippen molar-refractivity contribution in [2.75, 3.05) is 53.4 Å². The van der Waals surface area contributed by atoms with Crippen molar-refractivity contribution < 1.29 is 8.42 Å². The Balaban J connectivity index is 1.90. The van der Waals surface area contributed by atoms with Gasteiger partial charge in [-0.2, -0.15) is 4.31 Å². The third-order valence-corrected chi connectivity index (χ3v) is 5.11. The normalized spacial score (nSPS) is 19.1. The summed E-state index contributed by atoms with van der Waals surface area (Å²) in [5.74, 6) is 0. The lowest BCUT2D eigenvalue weighted by Crippen LogP contribution is -2.49. The van der Waals surface area contributed by atoms with Crippen LogP contribution in [0, 0.1) is 0 Å². The molecule has 108 valence electrons. The number of sulfonamides is 1. The second kappa shape index (κ2) is 6.00. The first kappa shape index (κ1) is 14.4. The van der Waals surface area contributed by atoms with Gasteiger partial charge in [-0.1, -0.05) is 0 Å². The molecule has 8 heteroatoms. The molecule has 2 rings (SSSR count). The summed E-state index contributed by atoms with van der Waals surface area (Å²) in [4.78, 5) is 10.9. The maximum Gasteiger partial charge on any atom is 0.260 e. The van der Waals surface area contributed by atoms with Crippen LogP contribution in [0.2, 0.25) is 0 Å². The summed E-state index contributed by atoms with van der Waals surface area (Å²) in [7, 11) is 0.686. The average Bonchev–Trinajstić information content (AvgIpc) is 2.91. The summed E-state index contributed by atoms with van der Waals surface area (Å²) in [6.45, 7) is 4.60. The van der Waals surface area contributed by atoms with Crippen LogP contribution in [0.15, 0.2) is 17.6 Å². The van der Waals surface area contributed by atoms with Crippen molar-refractivity contribution in [2.45, 2.75) is 5.03 Å². The number of aromatic nitrogens is 2. The van der Waals surface area contributed by atoms with Crippen molar-refractivity contribution in [3.63, 3.8) is 0 Å². The first-order chi connectivity index (χ1) is 9.00. The zero-order valence-electron chi connectivity index (χ0n) is 11.4. The molecule has 0 bridgehead atoms. The van der Waals surface area contributed by atoms with Crippen LogP contribution in [-0.4, -0.2) is 85.9 Å². The van der Waals surface area contributed by atoms with Gasteiger partial charge < -0.3 is 9.88 Å². The average molecular weight is 287 g/mol. The van der Waals surface area contributed by atoms with E-state index >= 15 is 0 Å². The molecule has 0 aromatic carbocycles. The Bertz CT molecular complexity index is 477. The predicted molar refractivity (Wildman–Crippen MR) is 72.3 cm³/mol. The number of nitrogens with one attached hydrogen (secondary N) is 1. The van der Waals surface area contributed by atoms with Crippen molar-refractivity contribution >= 4 is 10.0 Å². The van der Waals surface area contributed by atoms with Crippen LogP contribution in [0.4, 0.5) is 0 Å². The van der Waals surface area contributed by atoms with E-state index in [1.165, 1.54) is 16.8 Å². The van der Waals surface area contributed by atoms with E-state index in [-0.39, 0.29) is 5.03 Å². The van der Waals surface area contributed by atoms with Crippen molar-refractivity contribution in [3.8, 4) is 0 Å². The highest BCUT2D eigenvalue weighted by molar-refractivity contribution is 7.89. The lowest BCUT2D eigenvalue weighted by Gasteiger charge is -2.34. The molecule has 19 heavy (non-hydrogen) atoms. The maximum absolute atomic E-state index is 12.2. The fourth-order valence-corrected chi connectivity index (χ4v) is 3.38. The van der Waals surface area contributed by atoms with Crippen LogP contribution in [0.25, 0.3) is 0 Å². The Hall–Kier alpha value is -0.960. The van der Waals surface area contributed by atoms with Crippen LogP contribution >= 0.6 is 0 Å². The third kappa shape index (κ3) is 3.53. The summed E-state index contributed by atoms with van der Waals surface area (Å²) in [6, 6.07) is 0. The molecule has 0 amide bonds. The Morgan fingerprint density at radius 3 is 2.53 bits per heavy atom. The minimum absolute atomic E-state index is 0.175. The zero-order chi connectivity index (χ0) is 13.9. The monoisotopic (exact) mass is 287 g/mol. The highest BCUT2D eigenvalue weighted by atomic mass is 32.2. The molecule has 0 spiro atoms. The van der Waals surface area contributed by atoms with Crippen LogP contribution < -0.4 is 0 Å². The van der Waals surface area contributed by atoms with Gasteiger partial charge in [-0.15, -0.1) is 0 Å². The summed E-state index contributed by atoms with van der Waals surface area (Å²) >= 11 is 0. The number of imidazole rings is 1. The molecular formula is C11H21N5O2S. The first-order valence-electron chi connectivity index (χ1n) is 6.36. The fraction of sp³-hybridized carbons (Fsp3) is 0.727. The van der Waals surface area contributed by atoms with Crippen LogP contribution in [0.5, 0.6) is 0 Å². The Labute approximate surface area is 114 Å². The smallest absolute Gasteiger partial charge is 0.260 e. The summed E-state index contributed by atoms with van der Waals surface area (Å²) in [6.07, 6.45) is 2.74. The van der Waals surface area contributed by atoms with E-state index in [9.17, 15) is 8.42 Å². The molecule has 1 aliphatic rings. The molecule has 0 atom stereocenters. The minimum atomic E-state index is -3.40. The second-order valence-corrected chi connectivity index (χ2v) is 6.87. The van der Waals surface area contributed by atoms with E-state index in [0.717, 1.165) is 26.2 Å². The second-order valence-electron chi connectivity index (χ2n) is 4.96. The van der Waals surface area contributed by atoms with Crippen LogP contribution in [0.1, 0.15) is 0 Å². The zero-order valence-corrected chi connectivity index (χ0v) is 12.2. The van der Waals surface area contributed by atoms with Crippen molar-refractivity contribution in [1.29, 1.82) is 0 Å². The summed E-state index contributed by atoms with van der Waals surface area (Å²) in [5.41, 5.74) is 0. The SMILES string of the molecule is CN(C)CCN1CCN(S(=O)(=O)c2cnc[nH]2)CC1. The Morgan fingerprint density at radius 2 is 2.00 bits per heavy atom.